The molecule has 0 aliphatic heterocycles. The molecule has 1 aliphatic rings. The van der Waals surface area contributed by atoms with Gasteiger partial charge in [0.15, 0.2) is 0 Å². The highest BCUT2D eigenvalue weighted by molar-refractivity contribution is 4.70. The Labute approximate surface area is 74.1 Å². The van der Waals surface area contributed by atoms with Gasteiger partial charge in [0.25, 0.3) is 0 Å². The summed E-state index contributed by atoms with van der Waals surface area (Å²) in [6.45, 7) is 4.06. The monoisotopic (exact) mass is 173 g/mol. The lowest BCUT2D eigenvalue weighted by molar-refractivity contribution is -0.0408. The predicted octanol–water partition coefficient (Wildman–Crippen LogP) is 0.526. The van der Waals surface area contributed by atoms with E-state index in [1.165, 1.54) is 19.3 Å². The maximum absolute atomic E-state index is 9.36. The Kier molecular flexibility index (Phi) is 4.58. The molecule has 2 N–H and O–H groups in total. The second-order valence-electron chi connectivity index (χ2n) is 3.35. The molecule has 0 aromatic heterocycles. The Morgan fingerprint density at radius 3 is 2.83 bits per heavy atom. The van der Waals surface area contributed by atoms with Crippen LogP contribution in [-0.4, -0.2) is 37.0 Å². The minimum Gasteiger partial charge on any atom is -0.389 e. The lowest BCUT2D eigenvalue weighted by Crippen LogP contribution is -2.33. The van der Waals surface area contributed by atoms with Crippen molar-refractivity contribution in [3.05, 3.63) is 0 Å². The minimum atomic E-state index is -0.342. The van der Waals surface area contributed by atoms with E-state index in [4.69, 9.17) is 4.74 Å². The Bertz CT molecular complexity index is 115. The maximum Gasteiger partial charge on any atom is 0.0897 e. The number of ether oxygens (including phenoxy) is 1. The molecule has 3 heteroatoms. The number of aliphatic hydroxyl groups excluding tert-OH is 1. The third kappa shape index (κ3) is 3.52. The SMILES string of the molecule is CCNCC(O)COC1CCC1. The Hall–Kier alpha value is -0.120. The molecule has 0 spiro atoms. The molecule has 3 nitrogen and oxygen atoms in total. The Morgan fingerprint density at radius 2 is 2.33 bits per heavy atom. The van der Waals surface area contributed by atoms with Crippen molar-refractivity contribution in [3.63, 3.8) is 0 Å². The molecule has 72 valence electrons. The minimum absolute atomic E-state index is 0.342. The molecule has 0 aromatic carbocycles. The van der Waals surface area contributed by atoms with Gasteiger partial charge in [-0.05, 0) is 25.8 Å². The number of hydrogen-bond donors (Lipinski definition) is 2. The fourth-order valence-corrected chi connectivity index (χ4v) is 1.15. The van der Waals surface area contributed by atoms with Gasteiger partial charge in [-0.3, -0.25) is 0 Å². The predicted molar refractivity (Wildman–Crippen MR) is 48.1 cm³/mol. The highest BCUT2D eigenvalue weighted by Crippen LogP contribution is 2.21. The number of likely N-dealkylation sites (N-methyl/N-ethyl adjacent to an activating group) is 1. The van der Waals surface area contributed by atoms with Gasteiger partial charge in [-0.25, -0.2) is 0 Å². The quantitative estimate of drug-likeness (QED) is 0.615. The molecule has 12 heavy (non-hydrogen) atoms. The summed E-state index contributed by atoms with van der Waals surface area (Å²) < 4.78 is 5.45. The van der Waals surface area contributed by atoms with Crippen LogP contribution in [0.2, 0.25) is 0 Å². The summed E-state index contributed by atoms with van der Waals surface area (Å²) in [7, 11) is 0. The largest absolute Gasteiger partial charge is 0.389 e. The lowest BCUT2D eigenvalue weighted by atomic mass is 9.96. The van der Waals surface area contributed by atoms with Gasteiger partial charge in [-0.15, -0.1) is 0 Å². The summed E-state index contributed by atoms with van der Waals surface area (Å²) in [5.74, 6) is 0. The molecule has 1 rings (SSSR count). The van der Waals surface area contributed by atoms with Crippen LogP contribution in [0.5, 0.6) is 0 Å². The Balaban J connectivity index is 1.90. The van der Waals surface area contributed by atoms with Crippen molar-refractivity contribution in [2.45, 2.75) is 38.4 Å². The van der Waals surface area contributed by atoms with Gasteiger partial charge in [0.1, 0.15) is 0 Å². The first kappa shape index (κ1) is 9.96. The van der Waals surface area contributed by atoms with E-state index >= 15 is 0 Å². The van der Waals surface area contributed by atoms with Crippen LogP contribution in [0.1, 0.15) is 26.2 Å². The van der Waals surface area contributed by atoms with Crippen LogP contribution in [0.3, 0.4) is 0 Å². The second kappa shape index (κ2) is 5.51. The van der Waals surface area contributed by atoms with Crippen LogP contribution < -0.4 is 5.32 Å². The van der Waals surface area contributed by atoms with Crippen molar-refractivity contribution in [1.82, 2.24) is 5.32 Å². The van der Waals surface area contributed by atoms with E-state index in [-0.39, 0.29) is 6.10 Å². The van der Waals surface area contributed by atoms with Crippen molar-refractivity contribution in [2.24, 2.45) is 0 Å². The molecule has 0 radical (unpaired) electrons. The van der Waals surface area contributed by atoms with Crippen molar-refractivity contribution < 1.29 is 9.84 Å². The molecule has 1 atom stereocenters. The highest BCUT2D eigenvalue weighted by Gasteiger charge is 2.18. The van der Waals surface area contributed by atoms with E-state index in [9.17, 15) is 5.11 Å². The van der Waals surface area contributed by atoms with Crippen LogP contribution in [0.25, 0.3) is 0 Å². The molecule has 1 unspecified atom stereocenters. The number of hydrogen-bond acceptors (Lipinski definition) is 3. The van der Waals surface area contributed by atoms with E-state index in [0.29, 0.717) is 19.3 Å². The first-order valence-corrected chi connectivity index (χ1v) is 4.83. The van der Waals surface area contributed by atoms with E-state index < -0.39 is 0 Å². The molecular formula is C9H19NO2. The molecule has 0 bridgehead atoms. The van der Waals surface area contributed by atoms with Gasteiger partial charge >= 0.3 is 0 Å². The zero-order chi connectivity index (χ0) is 8.81. The number of rotatable bonds is 6. The summed E-state index contributed by atoms with van der Waals surface area (Å²) in [4.78, 5) is 0. The third-order valence-corrected chi connectivity index (χ3v) is 2.21. The fourth-order valence-electron chi connectivity index (χ4n) is 1.15. The molecule has 1 saturated carbocycles. The Morgan fingerprint density at radius 1 is 1.58 bits per heavy atom. The number of aliphatic hydroxyl groups is 1. The standard InChI is InChI=1S/C9H19NO2/c1-2-10-6-8(11)7-12-9-4-3-5-9/h8-11H,2-7H2,1H3. The summed E-state index contributed by atoms with van der Waals surface area (Å²) >= 11 is 0. The van der Waals surface area contributed by atoms with Crippen molar-refractivity contribution in [3.8, 4) is 0 Å². The van der Waals surface area contributed by atoms with Crippen LogP contribution in [-0.2, 0) is 4.74 Å². The zero-order valence-electron chi connectivity index (χ0n) is 7.75. The van der Waals surface area contributed by atoms with E-state index in [1.807, 2.05) is 6.92 Å². The summed E-state index contributed by atoms with van der Waals surface area (Å²) in [5, 5.41) is 12.4. The van der Waals surface area contributed by atoms with Gasteiger partial charge in [0, 0.05) is 6.54 Å². The smallest absolute Gasteiger partial charge is 0.0897 e. The van der Waals surface area contributed by atoms with Crippen LogP contribution in [0.4, 0.5) is 0 Å². The van der Waals surface area contributed by atoms with Crippen molar-refractivity contribution in [2.75, 3.05) is 19.7 Å². The first-order valence-electron chi connectivity index (χ1n) is 4.83. The zero-order valence-corrected chi connectivity index (χ0v) is 7.75. The summed E-state index contributed by atoms with van der Waals surface area (Å²) in [5.41, 5.74) is 0. The van der Waals surface area contributed by atoms with Gasteiger partial charge in [-0.2, -0.15) is 0 Å². The highest BCUT2D eigenvalue weighted by atomic mass is 16.5. The number of nitrogens with one attached hydrogen (secondary N) is 1. The van der Waals surface area contributed by atoms with E-state index in [2.05, 4.69) is 5.32 Å². The van der Waals surface area contributed by atoms with Crippen LogP contribution in [0.15, 0.2) is 0 Å². The fraction of sp³-hybridized carbons (Fsp3) is 1.00. The summed E-state index contributed by atoms with van der Waals surface area (Å²) in [6, 6.07) is 0. The molecule has 0 amide bonds. The first-order chi connectivity index (χ1) is 5.83. The average molecular weight is 173 g/mol. The maximum atomic E-state index is 9.36. The molecule has 1 fully saturated rings. The molecule has 0 saturated heterocycles. The van der Waals surface area contributed by atoms with Crippen LogP contribution in [0, 0.1) is 0 Å². The summed E-state index contributed by atoms with van der Waals surface area (Å²) in [6.07, 6.45) is 3.72. The average Bonchev–Trinajstić information content (AvgIpc) is 1.98. The van der Waals surface area contributed by atoms with Gasteiger partial charge in [0.2, 0.25) is 0 Å². The molecular weight excluding hydrogens is 154 g/mol. The third-order valence-electron chi connectivity index (χ3n) is 2.21. The molecule has 1 aliphatic carbocycles. The van der Waals surface area contributed by atoms with Crippen LogP contribution >= 0.6 is 0 Å². The topological polar surface area (TPSA) is 41.5 Å². The lowest BCUT2D eigenvalue weighted by Gasteiger charge is -2.26. The van der Waals surface area contributed by atoms with Crippen molar-refractivity contribution in [1.29, 1.82) is 0 Å². The van der Waals surface area contributed by atoms with Gasteiger partial charge < -0.3 is 15.2 Å². The van der Waals surface area contributed by atoms with Gasteiger partial charge in [0.05, 0.1) is 18.8 Å². The normalized spacial score (nSPS) is 20.5. The molecule has 0 heterocycles. The van der Waals surface area contributed by atoms with E-state index in [1.54, 1.807) is 0 Å². The van der Waals surface area contributed by atoms with E-state index in [0.717, 1.165) is 6.54 Å². The second-order valence-corrected chi connectivity index (χ2v) is 3.35. The van der Waals surface area contributed by atoms with Gasteiger partial charge in [-0.1, -0.05) is 6.92 Å². The van der Waals surface area contributed by atoms with Crippen molar-refractivity contribution >= 4 is 0 Å². The molecule has 0 aromatic rings.